The fourth-order valence-corrected chi connectivity index (χ4v) is 2.34. The van der Waals surface area contributed by atoms with Crippen molar-refractivity contribution in [1.82, 2.24) is 15.2 Å². The van der Waals surface area contributed by atoms with Crippen molar-refractivity contribution in [3.63, 3.8) is 0 Å². The number of carbonyl (C=O) groups excluding carboxylic acids is 1. The topological polar surface area (TPSA) is 72.9 Å². The second kappa shape index (κ2) is 5.18. The number of thioether (sulfide) groups is 1. The van der Waals surface area contributed by atoms with Crippen LogP contribution in [0.25, 0.3) is 0 Å². The van der Waals surface area contributed by atoms with E-state index in [1.807, 2.05) is 31.6 Å². The van der Waals surface area contributed by atoms with E-state index in [0.717, 1.165) is 10.7 Å². The van der Waals surface area contributed by atoms with E-state index >= 15 is 0 Å². The van der Waals surface area contributed by atoms with E-state index in [1.165, 1.54) is 0 Å². The number of nitrogens with zero attached hydrogens (tertiary/aromatic N) is 2. The Bertz CT molecular complexity index is 350. The number of amides is 1. The molecule has 15 heavy (non-hydrogen) atoms. The summed E-state index contributed by atoms with van der Waals surface area (Å²) in [6, 6.07) is 2.00. The van der Waals surface area contributed by atoms with Crippen molar-refractivity contribution in [2.75, 3.05) is 0 Å². The molecular weight excluding hydrogens is 212 g/mol. The lowest BCUT2D eigenvalue weighted by molar-refractivity contribution is -0.121. The molecular formula is C9H16N4OS. The first kappa shape index (κ1) is 12.1. The molecule has 0 saturated heterocycles. The molecule has 84 valence electrons. The molecule has 1 atom stereocenters. The van der Waals surface area contributed by atoms with Gasteiger partial charge in [-0.05, 0) is 13.0 Å². The molecule has 0 spiro atoms. The number of hydrazine groups is 1. The monoisotopic (exact) mass is 228 g/mol. The van der Waals surface area contributed by atoms with E-state index in [1.54, 1.807) is 11.8 Å². The van der Waals surface area contributed by atoms with E-state index in [-0.39, 0.29) is 11.2 Å². The standard InChI is InChI=1S/C9H16N4OS/c1-6-4-9(13(3)12-6)15-7(2)5-8(14)11-10/h4,7H,5,10H2,1-3H3,(H,11,14). The van der Waals surface area contributed by atoms with Crippen LogP contribution >= 0.6 is 11.8 Å². The summed E-state index contributed by atoms with van der Waals surface area (Å²) in [6.07, 6.45) is 0.408. The number of hydrogen-bond acceptors (Lipinski definition) is 4. The van der Waals surface area contributed by atoms with Crippen LogP contribution in [0.3, 0.4) is 0 Å². The number of nitrogens with two attached hydrogens (primary N) is 1. The Morgan fingerprint density at radius 1 is 1.80 bits per heavy atom. The molecule has 0 bridgehead atoms. The summed E-state index contributed by atoms with van der Waals surface area (Å²) in [4.78, 5) is 11.0. The first-order valence-electron chi connectivity index (χ1n) is 4.69. The molecule has 1 rings (SSSR count). The van der Waals surface area contributed by atoms with Gasteiger partial charge in [-0.3, -0.25) is 14.9 Å². The van der Waals surface area contributed by atoms with Gasteiger partial charge >= 0.3 is 0 Å². The van der Waals surface area contributed by atoms with Crippen molar-refractivity contribution >= 4 is 17.7 Å². The summed E-state index contributed by atoms with van der Waals surface area (Å²) in [5.41, 5.74) is 3.11. The highest BCUT2D eigenvalue weighted by Crippen LogP contribution is 2.25. The normalized spacial score (nSPS) is 12.5. The van der Waals surface area contributed by atoms with E-state index in [0.29, 0.717) is 6.42 Å². The van der Waals surface area contributed by atoms with Gasteiger partial charge in [-0.1, -0.05) is 6.92 Å². The molecule has 0 aliphatic carbocycles. The highest BCUT2D eigenvalue weighted by molar-refractivity contribution is 7.99. The Morgan fingerprint density at radius 3 is 2.93 bits per heavy atom. The molecule has 1 heterocycles. The van der Waals surface area contributed by atoms with Gasteiger partial charge in [-0.15, -0.1) is 11.8 Å². The van der Waals surface area contributed by atoms with Crippen LogP contribution in [0.4, 0.5) is 0 Å². The Labute approximate surface area is 93.4 Å². The van der Waals surface area contributed by atoms with Crippen LogP contribution in [0.1, 0.15) is 19.0 Å². The van der Waals surface area contributed by atoms with Crippen molar-refractivity contribution in [3.05, 3.63) is 11.8 Å². The van der Waals surface area contributed by atoms with Crippen molar-refractivity contribution in [3.8, 4) is 0 Å². The van der Waals surface area contributed by atoms with Gasteiger partial charge in [-0.2, -0.15) is 5.10 Å². The zero-order valence-corrected chi connectivity index (χ0v) is 9.97. The smallest absolute Gasteiger partial charge is 0.234 e. The van der Waals surface area contributed by atoms with E-state index in [2.05, 4.69) is 10.5 Å². The van der Waals surface area contributed by atoms with Crippen LogP contribution in [-0.4, -0.2) is 20.9 Å². The van der Waals surface area contributed by atoms with Crippen LogP contribution < -0.4 is 11.3 Å². The van der Waals surface area contributed by atoms with Gasteiger partial charge in [0.2, 0.25) is 5.91 Å². The van der Waals surface area contributed by atoms with Gasteiger partial charge in [0.15, 0.2) is 0 Å². The molecule has 1 aromatic heterocycles. The van der Waals surface area contributed by atoms with Crippen molar-refractivity contribution in [2.24, 2.45) is 12.9 Å². The number of aromatic nitrogens is 2. The van der Waals surface area contributed by atoms with E-state index in [9.17, 15) is 4.79 Å². The van der Waals surface area contributed by atoms with Gasteiger partial charge in [0.25, 0.3) is 0 Å². The number of aryl methyl sites for hydroxylation is 2. The molecule has 0 fully saturated rings. The third kappa shape index (κ3) is 3.56. The first-order chi connectivity index (χ1) is 7.02. The molecule has 3 N–H and O–H groups in total. The lowest BCUT2D eigenvalue weighted by Gasteiger charge is -2.09. The number of nitrogens with one attached hydrogen (secondary N) is 1. The average molecular weight is 228 g/mol. The zero-order chi connectivity index (χ0) is 11.4. The van der Waals surface area contributed by atoms with Gasteiger partial charge in [0.05, 0.1) is 10.7 Å². The molecule has 1 unspecified atom stereocenters. The fraction of sp³-hybridized carbons (Fsp3) is 0.556. The minimum atomic E-state index is -0.145. The van der Waals surface area contributed by atoms with Crippen LogP contribution in [0.15, 0.2) is 11.1 Å². The van der Waals surface area contributed by atoms with Crippen LogP contribution in [-0.2, 0) is 11.8 Å². The van der Waals surface area contributed by atoms with Crippen molar-refractivity contribution < 1.29 is 4.79 Å². The third-order valence-corrected chi connectivity index (χ3v) is 3.11. The van der Waals surface area contributed by atoms with Crippen LogP contribution in [0.2, 0.25) is 0 Å². The summed E-state index contributed by atoms with van der Waals surface area (Å²) in [6.45, 7) is 3.93. The Morgan fingerprint density at radius 2 is 2.47 bits per heavy atom. The highest BCUT2D eigenvalue weighted by atomic mass is 32.2. The summed E-state index contributed by atoms with van der Waals surface area (Å²) < 4.78 is 1.82. The average Bonchev–Trinajstić information content (AvgIpc) is 2.44. The summed E-state index contributed by atoms with van der Waals surface area (Å²) >= 11 is 1.62. The van der Waals surface area contributed by atoms with Gasteiger partial charge in [0.1, 0.15) is 0 Å². The molecule has 0 saturated carbocycles. The Kier molecular flexibility index (Phi) is 4.16. The third-order valence-electron chi connectivity index (χ3n) is 1.91. The molecule has 0 aliphatic rings. The lowest BCUT2D eigenvalue weighted by Crippen LogP contribution is -2.31. The van der Waals surface area contributed by atoms with Crippen molar-refractivity contribution in [1.29, 1.82) is 0 Å². The molecule has 0 radical (unpaired) electrons. The minimum Gasteiger partial charge on any atom is -0.294 e. The Hall–Kier alpha value is -1.01. The van der Waals surface area contributed by atoms with E-state index < -0.39 is 0 Å². The first-order valence-corrected chi connectivity index (χ1v) is 5.57. The Balaban J connectivity index is 2.54. The van der Waals surface area contributed by atoms with E-state index in [4.69, 9.17) is 5.84 Å². The number of rotatable bonds is 4. The molecule has 5 nitrogen and oxygen atoms in total. The zero-order valence-electron chi connectivity index (χ0n) is 9.15. The summed E-state index contributed by atoms with van der Waals surface area (Å²) in [5.74, 6) is 4.88. The van der Waals surface area contributed by atoms with Crippen LogP contribution in [0, 0.1) is 6.92 Å². The molecule has 1 aromatic rings. The molecule has 0 aromatic carbocycles. The van der Waals surface area contributed by atoms with Crippen molar-refractivity contribution in [2.45, 2.75) is 30.5 Å². The quantitative estimate of drug-likeness (QED) is 0.342. The lowest BCUT2D eigenvalue weighted by atomic mass is 10.3. The number of hydrogen-bond donors (Lipinski definition) is 2. The highest BCUT2D eigenvalue weighted by Gasteiger charge is 2.12. The fourth-order valence-electron chi connectivity index (χ4n) is 1.26. The maximum Gasteiger partial charge on any atom is 0.234 e. The molecule has 0 aliphatic heterocycles. The van der Waals surface area contributed by atoms with Crippen LogP contribution in [0.5, 0.6) is 0 Å². The SMILES string of the molecule is Cc1cc(SC(C)CC(=O)NN)n(C)n1. The van der Waals surface area contributed by atoms with Gasteiger partial charge in [0, 0.05) is 18.7 Å². The number of carbonyl (C=O) groups is 1. The van der Waals surface area contributed by atoms with Gasteiger partial charge in [-0.25, -0.2) is 5.84 Å². The van der Waals surface area contributed by atoms with Gasteiger partial charge < -0.3 is 0 Å². The predicted molar refractivity (Wildman–Crippen MR) is 60.2 cm³/mol. The maximum atomic E-state index is 11.0. The molecule has 1 amide bonds. The maximum absolute atomic E-state index is 11.0. The summed E-state index contributed by atoms with van der Waals surface area (Å²) in [5, 5.41) is 5.48. The minimum absolute atomic E-state index is 0.145. The predicted octanol–water partition coefficient (Wildman–Crippen LogP) is 0.589. The second-order valence-electron chi connectivity index (χ2n) is 3.45. The largest absolute Gasteiger partial charge is 0.294 e. The second-order valence-corrected chi connectivity index (χ2v) is 4.91. The summed E-state index contributed by atoms with van der Waals surface area (Å²) in [7, 11) is 1.89. The molecule has 6 heteroatoms.